The van der Waals surface area contributed by atoms with E-state index in [2.05, 4.69) is 6.58 Å². The van der Waals surface area contributed by atoms with Crippen molar-refractivity contribution in [3.63, 3.8) is 0 Å². The van der Waals surface area contributed by atoms with Gasteiger partial charge in [0.25, 0.3) is 0 Å². The number of hydrogen-bond donors (Lipinski definition) is 4. The molecular formula is C12H20O6. The van der Waals surface area contributed by atoms with Crippen LogP contribution in [0.15, 0.2) is 12.7 Å². The lowest BCUT2D eigenvalue weighted by molar-refractivity contribution is -0.196. The molecule has 0 aliphatic carbocycles. The van der Waals surface area contributed by atoms with Crippen molar-refractivity contribution in [2.45, 2.75) is 44.3 Å². The Labute approximate surface area is 106 Å². The lowest BCUT2D eigenvalue weighted by Gasteiger charge is -2.29. The molecule has 0 saturated carbocycles. The van der Waals surface area contributed by atoms with Crippen LogP contribution in [0.1, 0.15) is 38.5 Å². The highest BCUT2D eigenvalue weighted by atomic mass is 16.5. The Morgan fingerprint density at radius 3 is 2.06 bits per heavy atom. The van der Waals surface area contributed by atoms with Crippen molar-refractivity contribution in [1.82, 2.24) is 0 Å². The van der Waals surface area contributed by atoms with E-state index in [0.29, 0.717) is 6.42 Å². The van der Waals surface area contributed by atoms with Crippen molar-refractivity contribution in [2.24, 2.45) is 5.92 Å². The molecule has 1 atom stereocenters. The lowest BCUT2D eigenvalue weighted by Crippen LogP contribution is -2.36. The van der Waals surface area contributed by atoms with E-state index in [1.165, 1.54) is 6.08 Å². The molecule has 0 heterocycles. The smallest absolute Gasteiger partial charge is 0.303 e. The van der Waals surface area contributed by atoms with Crippen LogP contribution in [-0.2, 0) is 9.59 Å². The van der Waals surface area contributed by atoms with E-state index in [-0.39, 0.29) is 32.1 Å². The van der Waals surface area contributed by atoms with Crippen LogP contribution in [0.4, 0.5) is 0 Å². The van der Waals surface area contributed by atoms with Crippen LogP contribution in [0.2, 0.25) is 0 Å². The summed E-state index contributed by atoms with van der Waals surface area (Å²) in [5.74, 6) is -4.63. The van der Waals surface area contributed by atoms with Crippen LogP contribution in [0.25, 0.3) is 0 Å². The molecule has 6 heteroatoms. The number of rotatable bonds is 10. The largest absolute Gasteiger partial charge is 0.481 e. The van der Waals surface area contributed by atoms with Crippen molar-refractivity contribution in [1.29, 1.82) is 0 Å². The highest BCUT2D eigenvalue weighted by Crippen LogP contribution is 2.26. The summed E-state index contributed by atoms with van der Waals surface area (Å²) in [6.07, 6.45) is 1.85. The molecule has 0 spiro atoms. The number of hydrogen-bond acceptors (Lipinski definition) is 4. The molecule has 1 unspecified atom stereocenters. The molecule has 4 N–H and O–H groups in total. The second kappa shape index (κ2) is 7.84. The summed E-state index contributed by atoms with van der Waals surface area (Å²) in [6.45, 7) is 3.48. The van der Waals surface area contributed by atoms with E-state index in [1.54, 1.807) is 0 Å². The Balaban J connectivity index is 4.19. The van der Waals surface area contributed by atoms with Gasteiger partial charge < -0.3 is 20.4 Å². The number of aliphatic hydroxyl groups is 2. The zero-order valence-electron chi connectivity index (χ0n) is 10.2. The predicted molar refractivity (Wildman–Crippen MR) is 63.8 cm³/mol. The maximum absolute atomic E-state index is 10.3. The Kier molecular flexibility index (Phi) is 7.23. The van der Waals surface area contributed by atoms with Crippen molar-refractivity contribution in [3.05, 3.63) is 12.7 Å². The van der Waals surface area contributed by atoms with Gasteiger partial charge in [-0.25, -0.2) is 0 Å². The Morgan fingerprint density at radius 1 is 1.11 bits per heavy atom. The van der Waals surface area contributed by atoms with E-state index in [4.69, 9.17) is 10.2 Å². The van der Waals surface area contributed by atoms with Crippen LogP contribution in [0, 0.1) is 5.92 Å². The van der Waals surface area contributed by atoms with Gasteiger partial charge in [0.05, 0.1) is 0 Å². The van der Waals surface area contributed by atoms with E-state index >= 15 is 0 Å². The molecule has 0 rings (SSSR count). The maximum atomic E-state index is 10.3. The van der Waals surface area contributed by atoms with Crippen molar-refractivity contribution < 1.29 is 30.0 Å². The van der Waals surface area contributed by atoms with E-state index < -0.39 is 23.6 Å². The molecule has 0 aliphatic heterocycles. The first-order valence-corrected chi connectivity index (χ1v) is 5.80. The Hall–Kier alpha value is -1.40. The quantitative estimate of drug-likeness (QED) is 0.344. The van der Waals surface area contributed by atoms with Crippen LogP contribution >= 0.6 is 0 Å². The molecular weight excluding hydrogens is 240 g/mol. The molecule has 0 aliphatic rings. The second-order valence-corrected chi connectivity index (χ2v) is 4.25. The summed E-state index contributed by atoms with van der Waals surface area (Å²) in [7, 11) is 0. The topological polar surface area (TPSA) is 115 Å². The molecule has 104 valence electrons. The Morgan fingerprint density at radius 2 is 1.61 bits per heavy atom. The molecule has 0 radical (unpaired) electrons. The SMILES string of the molecule is C=CC(CCCC(=O)O)C(O)(O)CCCC(=O)O. The third-order valence-electron chi connectivity index (χ3n) is 2.72. The normalized spacial score (nSPS) is 13.0. The molecule has 6 nitrogen and oxygen atoms in total. The number of aliphatic carboxylic acids is 2. The maximum Gasteiger partial charge on any atom is 0.303 e. The van der Waals surface area contributed by atoms with Gasteiger partial charge in [0, 0.05) is 25.2 Å². The van der Waals surface area contributed by atoms with Gasteiger partial charge in [-0.15, -0.1) is 6.58 Å². The van der Waals surface area contributed by atoms with Gasteiger partial charge in [0.15, 0.2) is 5.79 Å². The molecule has 0 amide bonds. The minimum absolute atomic E-state index is 0.0461. The summed E-state index contributed by atoms with van der Waals surface area (Å²) < 4.78 is 0. The van der Waals surface area contributed by atoms with Crippen LogP contribution in [0.5, 0.6) is 0 Å². The zero-order valence-corrected chi connectivity index (χ0v) is 10.2. The molecule has 0 saturated heterocycles. The molecule has 0 fully saturated rings. The predicted octanol–water partition coefficient (Wildman–Crippen LogP) is 0.979. The summed E-state index contributed by atoms with van der Waals surface area (Å²) in [4.78, 5) is 20.7. The van der Waals surface area contributed by atoms with Gasteiger partial charge in [-0.05, 0) is 19.3 Å². The Bertz CT molecular complexity index is 297. The van der Waals surface area contributed by atoms with Gasteiger partial charge in [0.2, 0.25) is 0 Å². The number of carbonyl (C=O) groups is 2. The van der Waals surface area contributed by atoms with E-state index in [0.717, 1.165) is 0 Å². The van der Waals surface area contributed by atoms with Crippen LogP contribution < -0.4 is 0 Å². The first-order valence-electron chi connectivity index (χ1n) is 5.80. The first kappa shape index (κ1) is 16.6. The highest BCUT2D eigenvalue weighted by molar-refractivity contribution is 5.66. The minimum atomic E-state index is -2.03. The number of carboxylic acids is 2. The van der Waals surface area contributed by atoms with Crippen LogP contribution in [0.3, 0.4) is 0 Å². The summed E-state index contributed by atoms with van der Waals surface area (Å²) in [5, 5.41) is 36.5. The van der Waals surface area contributed by atoms with Gasteiger partial charge in [-0.1, -0.05) is 6.08 Å². The molecule has 0 bridgehead atoms. The molecule has 0 aromatic rings. The van der Waals surface area contributed by atoms with E-state index in [1.807, 2.05) is 0 Å². The van der Waals surface area contributed by atoms with Crippen molar-refractivity contribution >= 4 is 11.9 Å². The zero-order chi connectivity index (χ0) is 14.2. The van der Waals surface area contributed by atoms with Gasteiger partial charge in [-0.3, -0.25) is 9.59 Å². The van der Waals surface area contributed by atoms with Crippen molar-refractivity contribution in [2.75, 3.05) is 0 Å². The summed E-state index contributed by atoms with van der Waals surface area (Å²) >= 11 is 0. The van der Waals surface area contributed by atoms with E-state index in [9.17, 15) is 19.8 Å². The van der Waals surface area contributed by atoms with Gasteiger partial charge in [-0.2, -0.15) is 0 Å². The first-order chi connectivity index (χ1) is 8.29. The fourth-order valence-corrected chi connectivity index (χ4v) is 1.70. The summed E-state index contributed by atoms with van der Waals surface area (Å²) in [5.41, 5.74) is 0. The second-order valence-electron chi connectivity index (χ2n) is 4.25. The third-order valence-corrected chi connectivity index (χ3v) is 2.72. The monoisotopic (exact) mass is 260 g/mol. The van der Waals surface area contributed by atoms with Gasteiger partial charge >= 0.3 is 11.9 Å². The standard InChI is InChI=1S/C12H20O6/c1-2-9(5-3-6-10(13)14)12(17,18)8-4-7-11(15)16/h2,9,17-18H,1,3-8H2,(H,13,14)(H,15,16). The average molecular weight is 260 g/mol. The molecule has 18 heavy (non-hydrogen) atoms. The lowest BCUT2D eigenvalue weighted by atomic mass is 9.89. The molecule has 0 aromatic heterocycles. The fourth-order valence-electron chi connectivity index (χ4n) is 1.70. The van der Waals surface area contributed by atoms with Crippen molar-refractivity contribution in [3.8, 4) is 0 Å². The third kappa shape index (κ3) is 7.03. The molecule has 0 aromatic carbocycles. The van der Waals surface area contributed by atoms with Crippen LogP contribution in [-0.4, -0.2) is 38.2 Å². The minimum Gasteiger partial charge on any atom is -0.481 e. The average Bonchev–Trinajstić information content (AvgIpc) is 2.22. The number of carboxylic acid groups (broad SMARTS) is 2. The summed E-state index contributed by atoms with van der Waals surface area (Å²) in [6, 6.07) is 0. The fraction of sp³-hybridized carbons (Fsp3) is 0.667. The highest BCUT2D eigenvalue weighted by Gasteiger charge is 2.31. The van der Waals surface area contributed by atoms with Gasteiger partial charge in [0.1, 0.15) is 0 Å².